The third-order valence-corrected chi connectivity index (χ3v) is 6.34. The van der Waals surface area contributed by atoms with Gasteiger partial charge in [-0.3, -0.25) is 14.4 Å². The largest absolute Gasteiger partial charge is 0.416 e. The van der Waals surface area contributed by atoms with Crippen molar-refractivity contribution in [3.63, 3.8) is 0 Å². The van der Waals surface area contributed by atoms with E-state index in [1.54, 1.807) is 17.0 Å². The van der Waals surface area contributed by atoms with E-state index in [9.17, 15) is 27.6 Å². The fourth-order valence-electron chi connectivity index (χ4n) is 4.57. The van der Waals surface area contributed by atoms with Crippen molar-refractivity contribution < 1.29 is 27.6 Å². The van der Waals surface area contributed by atoms with Crippen LogP contribution in [0.25, 0.3) is 0 Å². The summed E-state index contributed by atoms with van der Waals surface area (Å²) >= 11 is 0. The monoisotopic (exact) mass is 473 g/mol. The Morgan fingerprint density at radius 3 is 2.50 bits per heavy atom. The van der Waals surface area contributed by atoms with Gasteiger partial charge < -0.3 is 15.1 Å². The molecule has 2 saturated heterocycles. The van der Waals surface area contributed by atoms with Crippen LogP contribution in [-0.4, -0.2) is 47.2 Å². The number of likely N-dealkylation sites (tertiary alicyclic amines) is 2. The Morgan fingerprint density at radius 2 is 1.76 bits per heavy atom. The summed E-state index contributed by atoms with van der Waals surface area (Å²) in [4.78, 5) is 41.4. The Hall–Kier alpha value is -3.36. The molecule has 0 aliphatic carbocycles. The lowest BCUT2D eigenvalue weighted by atomic mass is 9.95. The second-order valence-corrected chi connectivity index (χ2v) is 8.85. The topological polar surface area (TPSA) is 69.7 Å². The average Bonchev–Trinajstić information content (AvgIpc) is 3.19. The molecule has 0 bridgehead atoms. The molecule has 0 radical (unpaired) electrons. The lowest BCUT2D eigenvalue weighted by Gasteiger charge is -2.33. The summed E-state index contributed by atoms with van der Waals surface area (Å²) in [5, 5.41) is 2.88. The Morgan fingerprint density at radius 1 is 1.00 bits per heavy atom. The van der Waals surface area contributed by atoms with Crippen LogP contribution in [0.3, 0.4) is 0 Å². The first-order chi connectivity index (χ1) is 16.2. The second-order valence-electron chi connectivity index (χ2n) is 8.85. The van der Waals surface area contributed by atoms with Crippen LogP contribution in [0.15, 0.2) is 54.6 Å². The van der Waals surface area contributed by atoms with Gasteiger partial charge in [0.2, 0.25) is 17.7 Å². The van der Waals surface area contributed by atoms with Crippen molar-refractivity contribution in [1.29, 1.82) is 0 Å². The molecular weight excluding hydrogens is 447 g/mol. The third kappa shape index (κ3) is 5.58. The number of amides is 3. The molecule has 6 nitrogen and oxygen atoms in total. The molecule has 180 valence electrons. The number of hydrogen-bond donors (Lipinski definition) is 1. The molecule has 34 heavy (non-hydrogen) atoms. The van der Waals surface area contributed by atoms with E-state index in [1.165, 1.54) is 17.0 Å². The van der Waals surface area contributed by atoms with E-state index in [2.05, 4.69) is 5.32 Å². The first-order valence-electron chi connectivity index (χ1n) is 11.3. The third-order valence-electron chi connectivity index (χ3n) is 6.34. The maximum Gasteiger partial charge on any atom is 0.416 e. The average molecular weight is 473 g/mol. The SMILES string of the molecule is O=C(Nc1ccccc1)C1CCCN(C(=O)C2CC(=O)N(Cc3cccc(C(F)(F)F)c3)C2)C1. The summed E-state index contributed by atoms with van der Waals surface area (Å²) in [5.41, 5.74) is 0.298. The molecule has 0 spiro atoms. The number of anilines is 1. The zero-order valence-electron chi connectivity index (χ0n) is 18.6. The Bertz CT molecular complexity index is 1060. The predicted molar refractivity (Wildman–Crippen MR) is 119 cm³/mol. The van der Waals surface area contributed by atoms with E-state index in [1.807, 2.05) is 18.2 Å². The molecule has 0 saturated carbocycles. The van der Waals surface area contributed by atoms with Gasteiger partial charge >= 0.3 is 6.18 Å². The van der Waals surface area contributed by atoms with Crippen LogP contribution in [0, 0.1) is 11.8 Å². The fraction of sp³-hybridized carbons (Fsp3) is 0.400. The summed E-state index contributed by atoms with van der Waals surface area (Å²) in [6.07, 6.45) is -3.07. The highest BCUT2D eigenvalue weighted by Gasteiger charge is 2.39. The molecule has 2 unspecified atom stereocenters. The Labute approximate surface area is 195 Å². The van der Waals surface area contributed by atoms with E-state index in [0.29, 0.717) is 30.6 Å². The van der Waals surface area contributed by atoms with E-state index in [-0.39, 0.29) is 49.7 Å². The van der Waals surface area contributed by atoms with E-state index >= 15 is 0 Å². The van der Waals surface area contributed by atoms with Gasteiger partial charge in [-0.05, 0) is 42.7 Å². The first kappa shape index (κ1) is 23.8. The summed E-state index contributed by atoms with van der Waals surface area (Å²) < 4.78 is 38.9. The Kier molecular flexibility index (Phi) is 6.90. The van der Waals surface area contributed by atoms with Crippen LogP contribution in [0.5, 0.6) is 0 Å². The molecule has 2 aromatic rings. The van der Waals surface area contributed by atoms with Crippen molar-refractivity contribution in [2.45, 2.75) is 32.0 Å². The second kappa shape index (κ2) is 9.87. The van der Waals surface area contributed by atoms with E-state index < -0.39 is 17.7 Å². The smallest absolute Gasteiger partial charge is 0.342 e. The molecule has 2 heterocycles. The lowest BCUT2D eigenvalue weighted by Crippen LogP contribution is -2.46. The highest BCUT2D eigenvalue weighted by atomic mass is 19.4. The summed E-state index contributed by atoms with van der Waals surface area (Å²) in [6, 6.07) is 14.0. The molecule has 2 aliphatic rings. The summed E-state index contributed by atoms with van der Waals surface area (Å²) in [6.45, 7) is 0.988. The zero-order valence-corrected chi connectivity index (χ0v) is 18.6. The molecule has 2 atom stereocenters. The normalized spacial score (nSPS) is 21.0. The number of benzene rings is 2. The van der Waals surface area contributed by atoms with Crippen molar-refractivity contribution in [2.75, 3.05) is 25.0 Å². The molecular formula is C25H26F3N3O3. The van der Waals surface area contributed by atoms with Gasteiger partial charge in [0.05, 0.1) is 17.4 Å². The molecule has 2 fully saturated rings. The molecule has 9 heteroatoms. The molecule has 1 N–H and O–H groups in total. The summed E-state index contributed by atoms with van der Waals surface area (Å²) in [7, 11) is 0. The van der Waals surface area contributed by atoms with Gasteiger partial charge in [0.15, 0.2) is 0 Å². The fourth-order valence-corrected chi connectivity index (χ4v) is 4.57. The number of hydrogen-bond acceptors (Lipinski definition) is 3. The molecule has 0 aromatic heterocycles. The van der Waals surface area contributed by atoms with Gasteiger partial charge in [0, 0.05) is 38.3 Å². The summed E-state index contributed by atoms with van der Waals surface area (Å²) in [5.74, 6) is -1.48. The van der Waals surface area contributed by atoms with Crippen molar-refractivity contribution >= 4 is 23.4 Å². The highest BCUT2D eigenvalue weighted by Crippen LogP contribution is 2.31. The number of para-hydroxylation sites is 1. The number of halogens is 3. The minimum Gasteiger partial charge on any atom is -0.342 e. The maximum absolute atomic E-state index is 13.1. The van der Waals surface area contributed by atoms with Crippen molar-refractivity contribution in [3.8, 4) is 0 Å². The van der Waals surface area contributed by atoms with Gasteiger partial charge in [-0.25, -0.2) is 0 Å². The van der Waals surface area contributed by atoms with Gasteiger partial charge in [-0.1, -0.05) is 30.3 Å². The van der Waals surface area contributed by atoms with Crippen LogP contribution in [0.1, 0.15) is 30.4 Å². The quantitative estimate of drug-likeness (QED) is 0.716. The van der Waals surface area contributed by atoms with Gasteiger partial charge in [0.1, 0.15) is 0 Å². The van der Waals surface area contributed by atoms with Crippen LogP contribution < -0.4 is 5.32 Å². The number of nitrogens with zero attached hydrogens (tertiary/aromatic N) is 2. The van der Waals surface area contributed by atoms with E-state index in [4.69, 9.17) is 0 Å². The number of piperidine rings is 1. The number of alkyl halides is 3. The lowest BCUT2D eigenvalue weighted by molar-refractivity contribution is -0.139. The van der Waals surface area contributed by atoms with Crippen LogP contribution in [0.4, 0.5) is 18.9 Å². The molecule has 2 aliphatic heterocycles. The number of rotatable bonds is 5. The Balaban J connectivity index is 1.35. The molecule has 2 aromatic carbocycles. The van der Waals surface area contributed by atoms with Crippen molar-refractivity contribution in [2.24, 2.45) is 11.8 Å². The van der Waals surface area contributed by atoms with Crippen molar-refractivity contribution in [1.82, 2.24) is 9.80 Å². The van der Waals surface area contributed by atoms with Crippen LogP contribution in [-0.2, 0) is 27.1 Å². The minimum absolute atomic E-state index is 0.0225. The first-order valence-corrected chi connectivity index (χ1v) is 11.3. The molecule has 4 rings (SSSR count). The van der Waals surface area contributed by atoms with Crippen LogP contribution >= 0.6 is 0 Å². The number of carbonyl (C=O) groups excluding carboxylic acids is 3. The molecule has 3 amide bonds. The van der Waals surface area contributed by atoms with Crippen LogP contribution in [0.2, 0.25) is 0 Å². The zero-order chi connectivity index (χ0) is 24.3. The minimum atomic E-state index is -4.46. The number of carbonyl (C=O) groups is 3. The van der Waals surface area contributed by atoms with Gasteiger partial charge in [-0.15, -0.1) is 0 Å². The van der Waals surface area contributed by atoms with Gasteiger partial charge in [0.25, 0.3) is 0 Å². The van der Waals surface area contributed by atoms with Gasteiger partial charge in [-0.2, -0.15) is 13.2 Å². The standard InChI is InChI=1S/C25H26F3N3O3/c26-25(27,28)20-8-4-6-17(12-20)14-31-16-19(13-22(31)32)24(34)30-11-5-7-18(15-30)23(33)29-21-9-2-1-3-10-21/h1-4,6,8-10,12,18-19H,5,7,11,13-16H2,(H,29,33). The van der Waals surface area contributed by atoms with E-state index in [0.717, 1.165) is 12.1 Å². The maximum atomic E-state index is 13.1. The highest BCUT2D eigenvalue weighted by molar-refractivity contribution is 5.94. The number of nitrogens with one attached hydrogen (secondary N) is 1. The predicted octanol–water partition coefficient (Wildman–Crippen LogP) is 3.93. The van der Waals surface area contributed by atoms with Crippen molar-refractivity contribution in [3.05, 3.63) is 65.7 Å².